The lowest BCUT2D eigenvalue weighted by Gasteiger charge is -2.20. The second-order valence-electron chi connectivity index (χ2n) is 4.44. The van der Waals surface area contributed by atoms with Crippen LogP contribution in [0.3, 0.4) is 0 Å². The van der Waals surface area contributed by atoms with Crippen molar-refractivity contribution in [1.29, 1.82) is 10.5 Å². The Hall–Kier alpha value is -2.98. The van der Waals surface area contributed by atoms with Gasteiger partial charge in [-0.25, -0.2) is 0 Å². The molecule has 0 fully saturated rings. The maximum absolute atomic E-state index is 8.80. The first-order valence-corrected chi connectivity index (χ1v) is 6.15. The van der Waals surface area contributed by atoms with E-state index in [9.17, 15) is 0 Å². The van der Waals surface area contributed by atoms with E-state index < -0.39 is 0 Å². The van der Waals surface area contributed by atoms with Crippen LogP contribution in [0.5, 0.6) is 0 Å². The van der Waals surface area contributed by atoms with Gasteiger partial charge in [-0.2, -0.15) is 10.5 Å². The summed E-state index contributed by atoms with van der Waals surface area (Å²) in [6.45, 7) is 0. The van der Waals surface area contributed by atoms with Gasteiger partial charge in [-0.3, -0.25) is 0 Å². The molecule has 0 bridgehead atoms. The summed E-state index contributed by atoms with van der Waals surface area (Å²) in [5.74, 6) is 0. The smallest absolute Gasteiger partial charge is 0.0991 e. The highest BCUT2D eigenvalue weighted by atomic mass is 15.1. The Balaban J connectivity index is 2.33. The Morgan fingerprint density at radius 1 is 1.05 bits per heavy atom. The van der Waals surface area contributed by atoms with Gasteiger partial charge < -0.3 is 10.6 Å². The maximum atomic E-state index is 8.80. The predicted molar refractivity (Wildman–Crippen MR) is 79.4 cm³/mol. The highest BCUT2D eigenvalue weighted by molar-refractivity contribution is 5.67. The molecule has 2 aromatic rings. The van der Waals surface area contributed by atoms with Crippen molar-refractivity contribution < 1.29 is 0 Å². The van der Waals surface area contributed by atoms with Crippen LogP contribution in [0.4, 0.5) is 17.1 Å². The molecule has 2 N–H and O–H groups in total. The molecule has 0 spiro atoms. The van der Waals surface area contributed by atoms with E-state index in [-0.39, 0.29) is 0 Å². The van der Waals surface area contributed by atoms with Crippen molar-refractivity contribution in [1.82, 2.24) is 0 Å². The summed E-state index contributed by atoms with van der Waals surface area (Å²) in [5, 5.41) is 17.6. The van der Waals surface area contributed by atoms with E-state index in [0.717, 1.165) is 16.9 Å². The van der Waals surface area contributed by atoms with Crippen LogP contribution in [0.15, 0.2) is 42.5 Å². The monoisotopic (exact) mass is 262 g/mol. The number of benzene rings is 2. The lowest BCUT2D eigenvalue weighted by molar-refractivity contribution is 1.18. The molecule has 2 rings (SSSR count). The van der Waals surface area contributed by atoms with Crippen molar-refractivity contribution in [3.63, 3.8) is 0 Å². The number of hydrogen-bond acceptors (Lipinski definition) is 4. The molecule has 20 heavy (non-hydrogen) atoms. The lowest BCUT2D eigenvalue weighted by atomic mass is 10.1. The van der Waals surface area contributed by atoms with E-state index in [1.54, 1.807) is 12.1 Å². The zero-order chi connectivity index (χ0) is 14.5. The third kappa shape index (κ3) is 2.71. The minimum absolute atomic E-state index is 0.293. The number of nitrogens with zero attached hydrogens (tertiary/aromatic N) is 3. The Kier molecular flexibility index (Phi) is 3.88. The number of nitriles is 2. The highest BCUT2D eigenvalue weighted by Gasteiger charge is 2.07. The second-order valence-corrected chi connectivity index (χ2v) is 4.44. The molecular weight excluding hydrogens is 248 g/mol. The van der Waals surface area contributed by atoms with Crippen LogP contribution in [-0.4, -0.2) is 7.05 Å². The minimum Gasteiger partial charge on any atom is -0.398 e. The molecule has 0 heterocycles. The topological polar surface area (TPSA) is 76.8 Å². The van der Waals surface area contributed by atoms with Crippen LogP contribution < -0.4 is 10.6 Å². The lowest BCUT2D eigenvalue weighted by Crippen LogP contribution is -2.10. The highest BCUT2D eigenvalue weighted by Crippen LogP contribution is 2.27. The summed E-state index contributed by atoms with van der Waals surface area (Å²) in [4.78, 5) is 1.99. The first-order valence-electron chi connectivity index (χ1n) is 6.15. The molecule has 0 saturated heterocycles. The SMILES string of the molecule is CN(c1ccc(C#N)cc1)c1ccc(N)c(CC#N)c1. The van der Waals surface area contributed by atoms with Crippen LogP contribution in [0.2, 0.25) is 0 Å². The van der Waals surface area contributed by atoms with Crippen molar-refractivity contribution in [2.24, 2.45) is 0 Å². The minimum atomic E-state index is 0.293. The Labute approximate surface area is 118 Å². The number of nitrogens with two attached hydrogens (primary N) is 1. The molecule has 0 amide bonds. The molecule has 2 aromatic carbocycles. The average molecular weight is 262 g/mol. The Bertz CT molecular complexity index is 690. The number of hydrogen-bond donors (Lipinski definition) is 1. The van der Waals surface area contributed by atoms with Crippen molar-refractivity contribution in [3.8, 4) is 12.1 Å². The number of anilines is 3. The predicted octanol–water partition coefficient (Wildman–Crippen LogP) is 2.97. The summed E-state index contributed by atoms with van der Waals surface area (Å²) in [7, 11) is 1.93. The van der Waals surface area contributed by atoms with Crippen molar-refractivity contribution in [3.05, 3.63) is 53.6 Å². The third-order valence-electron chi connectivity index (χ3n) is 3.17. The molecule has 0 aliphatic rings. The molecule has 0 saturated carbocycles. The number of nitrogen functional groups attached to an aromatic ring is 1. The molecule has 4 nitrogen and oxygen atoms in total. The van der Waals surface area contributed by atoms with Gasteiger partial charge >= 0.3 is 0 Å². The van der Waals surface area contributed by atoms with Crippen LogP contribution in [0.1, 0.15) is 11.1 Å². The normalized spacial score (nSPS) is 9.55. The molecule has 0 radical (unpaired) electrons. The molecule has 0 aromatic heterocycles. The standard InChI is InChI=1S/C16H14N4/c1-20(14-4-2-12(11-18)3-5-14)15-6-7-16(19)13(10-15)8-9-17/h2-7,10H,8,19H2,1H3. The fraction of sp³-hybridized carbons (Fsp3) is 0.125. The maximum Gasteiger partial charge on any atom is 0.0991 e. The average Bonchev–Trinajstić information content (AvgIpc) is 2.49. The van der Waals surface area contributed by atoms with Gasteiger partial charge in [0.05, 0.1) is 24.1 Å². The van der Waals surface area contributed by atoms with Gasteiger partial charge in [-0.05, 0) is 48.0 Å². The Morgan fingerprint density at radius 2 is 1.70 bits per heavy atom. The largest absolute Gasteiger partial charge is 0.398 e. The van der Waals surface area contributed by atoms with Crippen LogP contribution in [0.25, 0.3) is 0 Å². The summed E-state index contributed by atoms with van der Waals surface area (Å²) >= 11 is 0. The van der Waals surface area contributed by atoms with Crippen molar-refractivity contribution >= 4 is 17.1 Å². The third-order valence-corrected chi connectivity index (χ3v) is 3.17. The van der Waals surface area contributed by atoms with Crippen LogP contribution in [-0.2, 0) is 6.42 Å². The van der Waals surface area contributed by atoms with E-state index in [1.165, 1.54) is 0 Å². The molecule has 0 aliphatic heterocycles. The zero-order valence-electron chi connectivity index (χ0n) is 11.2. The summed E-state index contributed by atoms with van der Waals surface area (Å²) in [6.07, 6.45) is 0.293. The fourth-order valence-electron chi connectivity index (χ4n) is 1.95. The number of rotatable bonds is 3. The molecule has 98 valence electrons. The molecule has 4 heteroatoms. The Morgan fingerprint density at radius 3 is 2.30 bits per heavy atom. The van der Waals surface area contributed by atoms with Gasteiger partial charge in [0.25, 0.3) is 0 Å². The molecule has 0 aliphatic carbocycles. The van der Waals surface area contributed by atoms with E-state index in [1.807, 2.05) is 42.3 Å². The van der Waals surface area contributed by atoms with E-state index >= 15 is 0 Å². The van der Waals surface area contributed by atoms with Gasteiger partial charge in [0.15, 0.2) is 0 Å². The summed E-state index contributed by atoms with van der Waals surface area (Å²) in [6, 6.07) is 17.2. The molecule has 0 atom stereocenters. The summed E-state index contributed by atoms with van der Waals surface area (Å²) in [5.41, 5.74) is 9.85. The quantitative estimate of drug-likeness (QED) is 0.863. The summed E-state index contributed by atoms with van der Waals surface area (Å²) < 4.78 is 0. The fourth-order valence-corrected chi connectivity index (χ4v) is 1.95. The first kappa shape index (κ1) is 13.5. The van der Waals surface area contributed by atoms with E-state index in [2.05, 4.69) is 12.1 Å². The van der Waals surface area contributed by atoms with Gasteiger partial charge in [-0.15, -0.1) is 0 Å². The molecule has 0 unspecified atom stereocenters. The first-order chi connectivity index (χ1) is 9.65. The van der Waals surface area contributed by atoms with Crippen molar-refractivity contribution in [2.45, 2.75) is 6.42 Å². The van der Waals surface area contributed by atoms with E-state index in [4.69, 9.17) is 16.3 Å². The second kappa shape index (κ2) is 5.77. The van der Waals surface area contributed by atoms with Gasteiger partial charge in [-0.1, -0.05) is 0 Å². The van der Waals surface area contributed by atoms with Crippen LogP contribution in [0, 0.1) is 22.7 Å². The van der Waals surface area contributed by atoms with Gasteiger partial charge in [0.1, 0.15) is 0 Å². The van der Waals surface area contributed by atoms with E-state index in [0.29, 0.717) is 17.7 Å². The van der Waals surface area contributed by atoms with Crippen molar-refractivity contribution in [2.75, 3.05) is 17.7 Å². The van der Waals surface area contributed by atoms with Gasteiger partial charge in [0.2, 0.25) is 0 Å². The molecular formula is C16H14N4. The van der Waals surface area contributed by atoms with Crippen LogP contribution >= 0.6 is 0 Å². The zero-order valence-corrected chi connectivity index (χ0v) is 11.2. The van der Waals surface area contributed by atoms with Gasteiger partial charge in [0, 0.05) is 24.1 Å².